The van der Waals surface area contributed by atoms with Crippen molar-refractivity contribution < 1.29 is 39.9 Å². The maximum absolute atomic E-state index is 13.4. The van der Waals surface area contributed by atoms with Crippen LogP contribution in [0.15, 0.2) is 58.8 Å². The lowest BCUT2D eigenvalue weighted by atomic mass is 10.1. The first-order chi connectivity index (χ1) is 16.3. The molecular weight excluding hydrogens is 514 g/mol. The van der Waals surface area contributed by atoms with Crippen molar-refractivity contribution >= 4 is 29.1 Å². The van der Waals surface area contributed by atoms with Gasteiger partial charge < -0.3 is 10.1 Å². The second-order valence-corrected chi connectivity index (χ2v) is 7.09. The molecule has 0 unspecified atom stereocenters. The van der Waals surface area contributed by atoms with Gasteiger partial charge in [0, 0.05) is 17.8 Å². The highest BCUT2D eigenvalue weighted by atomic mass is 35.5. The van der Waals surface area contributed by atoms with Crippen LogP contribution in [0.4, 0.5) is 52.6 Å². The Labute approximate surface area is 196 Å². The lowest BCUT2D eigenvalue weighted by molar-refractivity contribution is -0.253. The lowest BCUT2D eigenvalue weighted by Gasteiger charge is -2.17. The second kappa shape index (κ2) is 10.4. The minimum atomic E-state index is -4.88. The molecule has 0 fully saturated rings. The number of hydrogen-bond acceptors (Lipinski definition) is 6. The van der Waals surface area contributed by atoms with Gasteiger partial charge in [0.25, 0.3) is 5.95 Å². The Hall–Kier alpha value is -3.55. The number of azo groups is 1. The van der Waals surface area contributed by atoms with Gasteiger partial charge in [-0.1, -0.05) is 23.7 Å². The third kappa shape index (κ3) is 7.21. The van der Waals surface area contributed by atoms with Gasteiger partial charge in [0.15, 0.2) is 0 Å². The van der Waals surface area contributed by atoms with E-state index in [4.69, 9.17) is 11.6 Å². The van der Waals surface area contributed by atoms with Gasteiger partial charge in [-0.3, -0.25) is 0 Å². The number of alkyl halides is 7. The van der Waals surface area contributed by atoms with E-state index in [9.17, 15) is 35.1 Å². The molecule has 1 N–H and O–H groups in total. The Morgan fingerprint density at radius 1 is 1.00 bits per heavy atom. The molecule has 0 aliphatic rings. The van der Waals surface area contributed by atoms with Crippen molar-refractivity contribution in [2.75, 3.05) is 5.32 Å². The Kier molecular flexibility index (Phi) is 7.73. The van der Waals surface area contributed by atoms with E-state index in [0.29, 0.717) is 12.1 Å². The van der Waals surface area contributed by atoms with Gasteiger partial charge in [-0.2, -0.15) is 45.8 Å². The molecule has 0 aliphatic carbocycles. The summed E-state index contributed by atoms with van der Waals surface area (Å²) in [6.07, 6.45) is -13.6. The summed E-state index contributed by atoms with van der Waals surface area (Å²) >= 11 is 5.89. The molecule has 2 aromatic carbocycles. The van der Waals surface area contributed by atoms with Crippen molar-refractivity contribution in [3.8, 4) is 5.75 Å². The molecule has 1 aromatic heterocycles. The van der Waals surface area contributed by atoms with Crippen molar-refractivity contribution in [2.24, 2.45) is 10.2 Å². The van der Waals surface area contributed by atoms with Crippen LogP contribution >= 0.6 is 11.6 Å². The Morgan fingerprint density at radius 3 is 2.43 bits per heavy atom. The molecule has 0 atom stereocenters. The summed E-state index contributed by atoms with van der Waals surface area (Å²) in [5.74, 6) is -2.30. The molecule has 186 valence electrons. The molecular formula is C20H12ClF8N5O. The van der Waals surface area contributed by atoms with Crippen LogP contribution in [0.3, 0.4) is 0 Å². The molecule has 3 rings (SSSR count). The fourth-order valence-corrected chi connectivity index (χ4v) is 2.75. The van der Waals surface area contributed by atoms with E-state index in [1.165, 1.54) is 18.2 Å². The quantitative estimate of drug-likeness (QED) is 0.187. The van der Waals surface area contributed by atoms with E-state index < -0.39 is 35.8 Å². The van der Waals surface area contributed by atoms with E-state index in [0.717, 1.165) is 18.2 Å². The minimum absolute atomic E-state index is 0.00198. The summed E-state index contributed by atoms with van der Waals surface area (Å²) in [5.41, 5.74) is -1.33. The predicted molar refractivity (Wildman–Crippen MR) is 108 cm³/mol. The van der Waals surface area contributed by atoms with E-state index in [1.807, 2.05) is 0 Å². The van der Waals surface area contributed by atoms with Crippen LogP contribution in [-0.2, 0) is 12.7 Å². The first-order valence-corrected chi connectivity index (χ1v) is 9.71. The van der Waals surface area contributed by atoms with Crippen LogP contribution in [0.1, 0.15) is 11.1 Å². The first kappa shape index (κ1) is 26.1. The fraction of sp³-hybridized carbons (Fsp3) is 0.200. The SMILES string of the molecule is Fc1ccc(CN=Nc2nc(Cl)cc(Nc3cccc(OC(F)(F)C(F)F)c3)n2)cc1C(F)(F)F. The topological polar surface area (TPSA) is 71.8 Å². The Balaban J connectivity index is 1.73. The molecule has 0 spiro atoms. The molecule has 15 heteroatoms. The zero-order valence-electron chi connectivity index (χ0n) is 17.0. The van der Waals surface area contributed by atoms with Crippen molar-refractivity contribution in [1.82, 2.24) is 9.97 Å². The Bertz CT molecular complexity index is 1220. The number of benzene rings is 2. The maximum Gasteiger partial charge on any atom is 0.461 e. The highest BCUT2D eigenvalue weighted by Gasteiger charge is 2.44. The smallest absolute Gasteiger partial charge is 0.428 e. The van der Waals surface area contributed by atoms with Crippen molar-refractivity contribution in [3.05, 3.63) is 70.6 Å². The minimum Gasteiger partial charge on any atom is -0.428 e. The largest absolute Gasteiger partial charge is 0.461 e. The van der Waals surface area contributed by atoms with Gasteiger partial charge in [-0.05, 0) is 29.8 Å². The first-order valence-electron chi connectivity index (χ1n) is 9.33. The molecule has 0 saturated heterocycles. The third-order valence-corrected chi connectivity index (χ3v) is 4.24. The summed E-state index contributed by atoms with van der Waals surface area (Å²) in [7, 11) is 0. The van der Waals surface area contributed by atoms with Gasteiger partial charge in [0.05, 0.1) is 12.1 Å². The van der Waals surface area contributed by atoms with E-state index >= 15 is 0 Å². The average Bonchev–Trinajstić information content (AvgIpc) is 2.73. The zero-order valence-corrected chi connectivity index (χ0v) is 17.8. The van der Waals surface area contributed by atoms with Gasteiger partial charge >= 0.3 is 18.7 Å². The lowest BCUT2D eigenvalue weighted by Crippen LogP contribution is -2.33. The Morgan fingerprint density at radius 2 is 1.74 bits per heavy atom. The number of ether oxygens (including phenoxy) is 1. The van der Waals surface area contributed by atoms with Gasteiger partial charge in [-0.15, -0.1) is 5.11 Å². The molecule has 3 aromatic rings. The van der Waals surface area contributed by atoms with Crippen LogP contribution in [0.5, 0.6) is 5.75 Å². The van der Waals surface area contributed by atoms with Crippen molar-refractivity contribution in [1.29, 1.82) is 0 Å². The molecule has 35 heavy (non-hydrogen) atoms. The highest BCUT2D eigenvalue weighted by Crippen LogP contribution is 2.32. The zero-order chi connectivity index (χ0) is 25.8. The maximum atomic E-state index is 13.4. The van der Waals surface area contributed by atoms with Crippen LogP contribution < -0.4 is 10.1 Å². The summed E-state index contributed by atoms with van der Waals surface area (Å²) in [4.78, 5) is 7.72. The normalized spacial score (nSPS) is 12.4. The number of aromatic nitrogens is 2. The second-order valence-electron chi connectivity index (χ2n) is 6.70. The molecule has 0 saturated carbocycles. The molecule has 0 amide bonds. The summed E-state index contributed by atoms with van der Waals surface area (Å²) in [6, 6.07) is 8.23. The highest BCUT2D eigenvalue weighted by molar-refractivity contribution is 6.29. The van der Waals surface area contributed by atoms with Crippen LogP contribution in [0.25, 0.3) is 0 Å². The van der Waals surface area contributed by atoms with Crippen LogP contribution in [0.2, 0.25) is 5.15 Å². The standard InChI is InChI=1S/C20H12ClF8N5O/c21-15-8-16(31-11-2-1-3-12(7-11)35-20(28,29)17(23)24)33-18(32-15)34-30-9-10-4-5-14(22)13(6-10)19(25,26)27/h1-8,17H,9H2,(H,31,32,33). The summed E-state index contributed by atoms with van der Waals surface area (Å²) < 4.78 is 107. The van der Waals surface area contributed by atoms with Crippen LogP contribution in [0, 0.1) is 5.82 Å². The summed E-state index contributed by atoms with van der Waals surface area (Å²) in [5, 5.41) is 9.87. The van der Waals surface area contributed by atoms with Crippen molar-refractivity contribution in [3.63, 3.8) is 0 Å². The molecule has 6 nitrogen and oxygen atoms in total. The monoisotopic (exact) mass is 525 g/mol. The number of nitrogens with one attached hydrogen (secondary N) is 1. The summed E-state index contributed by atoms with van der Waals surface area (Å²) in [6.45, 7) is -0.361. The average molecular weight is 526 g/mol. The number of anilines is 2. The molecule has 0 aliphatic heterocycles. The van der Waals surface area contributed by atoms with Crippen molar-refractivity contribution in [2.45, 2.75) is 25.3 Å². The van der Waals surface area contributed by atoms with Gasteiger partial charge in [0.1, 0.15) is 22.5 Å². The number of nitrogens with zero attached hydrogens (tertiary/aromatic N) is 4. The molecule has 0 radical (unpaired) electrons. The van der Waals surface area contributed by atoms with Crippen LogP contribution in [-0.4, -0.2) is 22.5 Å². The molecule has 0 bridgehead atoms. The number of halogens is 9. The van der Waals surface area contributed by atoms with E-state index in [2.05, 4.69) is 30.3 Å². The number of rotatable bonds is 8. The van der Waals surface area contributed by atoms with Gasteiger partial charge in [0.2, 0.25) is 0 Å². The van der Waals surface area contributed by atoms with E-state index in [-0.39, 0.29) is 34.7 Å². The fourth-order valence-electron chi connectivity index (χ4n) is 2.57. The predicted octanol–water partition coefficient (Wildman–Crippen LogP) is 7.55. The van der Waals surface area contributed by atoms with E-state index in [1.54, 1.807) is 0 Å². The number of hydrogen-bond donors (Lipinski definition) is 1. The van der Waals surface area contributed by atoms with Gasteiger partial charge in [-0.25, -0.2) is 4.39 Å². The molecule has 1 heterocycles. The third-order valence-electron chi connectivity index (χ3n) is 4.05.